The van der Waals surface area contributed by atoms with Crippen molar-refractivity contribution in [2.45, 2.75) is 46.6 Å². The van der Waals surface area contributed by atoms with E-state index < -0.39 is 16.9 Å². The molecule has 0 spiro atoms. The van der Waals surface area contributed by atoms with E-state index in [1.807, 2.05) is 45.0 Å². The molecule has 0 heterocycles. The molecule has 0 radical (unpaired) electrons. The van der Waals surface area contributed by atoms with Crippen molar-refractivity contribution in [3.63, 3.8) is 0 Å². The van der Waals surface area contributed by atoms with Crippen LogP contribution in [0.2, 0.25) is 0 Å². The smallest absolute Gasteiger partial charge is 0.310 e. The van der Waals surface area contributed by atoms with E-state index in [0.717, 1.165) is 18.7 Å². The maximum atomic E-state index is 11.3. The molecular formula is C17H27NO3. The van der Waals surface area contributed by atoms with Gasteiger partial charge in [-0.1, -0.05) is 12.1 Å². The van der Waals surface area contributed by atoms with Crippen LogP contribution in [0.25, 0.3) is 0 Å². The first-order chi connectivity index (χ1) is 9.67. The van der Waals surface area contributed by atoms with Crippen molar-refractivity contribution in [2.24, 2.45) is 5.41 Å². The summed E-state index contributed by atoms with van der Waals surface area (Å²) in [6.45, 7) is 10.7. The van der Waals surface area contributed by atoms with E-state index in [4.69, 9.17) is 4.74 Å². The van der Waals surface area contributed by atoms with Crippen LogP contribution in [0.15, 0.2) is 24.3 Å². The molecule has 21 heavy (non-hydrogen) atoms. The van der Waals surface area contributed by atoms with Crippen molar-refractivity contribution < 1.29 is 14.6 Å². The summed E-state index contributed by atoms with van der Waals surface area (Å²) >= 11 is 0. The molecule has 118 valence electrons. The largest absolute Gasteiger partial charge is 0.494 e. The summed E-state index contributed by atoms with van der Waals surface area (Å²) in [5, 5.41) is 12.6. The summed E-state index contributed by atoms with van der Waals surface area (Å²) in [6.07, 6.45) is 0.826. The highest BCUT2D eigenvalue weighted by atomic mass is 16.5. The van der Waals surface area contributed by atoms with E-state index in [1.165, 1.54) is 5.56 Å². The number of carboxylic acid groups (broad SMARTS) is 1. The Bertz CT molecular complexity index is 481. The fourth-order valence-corrected chi connectivity index (χ4v) is 1.86. The summed E-state index contributed by atoms with van der Waals surface area (Å²) in [4.78, 5) is 11.3. The Morgan fingerprint density at radius 1 is 1.29 bits per heavy atom. The average molecular weight is 293 g/mol. The minimum atomic E-state index is -0.829. The van der Waals surface area contributed by atoms with Gasteiger partial charge in [-0.05, 0) is 65.3 Å². The van der Waals surface area contributed by atoms with Gasteiger partial charge in [0.1, 0.15) is 5.75 Å². The third-order valence-corrected chi connectivity index (χ3v) is 4.24. The van der Waals surface area contributed by atoms with Gasteiger partial charge < -0.3 is 15.2 Å². The number of aliphatic carboxylic acids is 1. The zero-order valence-corrected chi connectivity index (χ0v) is 13.7. The quantitative estimate of drug-likeness (QED) is 0.722. The molecule has 2 N–H and O–H groups in total. The highest BCUT2D eigenvalue weighted by molar-refractivity contribution is 5.75. The molecule has 0 amide bonds. The Kier molecular flexibility index (Phi) is 5.78. The van der Waals surface area contributed by atoms with Gasteiger partial charge in [0.15, 0.2) is 0 Å². The third-order valence-electron chi connectivity index (χ3n) is 4.24. The Labute approximate surface area is 127 Å². The van der Waals surface area contributed by atoms with E-state index in [0.29, 0.717) is 6.61 Å². The number of rotatable bonds is 8. The van der Waals surface area contributed by atoms with E-state index in [9.17, 15) is 9.90 Å². The normalized spacial score (nSPS) is 12.2. The zero-order valence-electron chi connectivity index (χ0n) is 13.7. The molecule has 0 aliphatic heterocycles. The molecule has 0 aromatic heterocycles. The fraction of sp³-hybridized carbons (Fsp3) is 0.588. The van der Waals surface area contributed by atoms with Crippen molar-refractivity contribution >= 4 is 5.97 Å². The maximum Gasteiger partial charge on any atom is 0.310 e. The van der Waals surface area contributed by atoms with Gasteiger partial charge in [0.05, 0.1) is 12.0 Å². The molecule has 0 aliphatic rings. The van der Waals surface area contributed by atoms with Crippen molar-refractivity contribution in [1.29, 1.82) is 0 Å². The topological polar surface area (TPSA) is 58.6 Å². The molecule has 1 rings (SSSR count). The lowest BCUT2D eigenvalue weighted by Crippen LogP contribution is -2.55. The summed E-state index contributed by atoms with van der Waals surface area (Å²) in [5.41, 5.74) is -0.137. The number of aryl methyl sites for hydroxylation is 1. The first kappa shape index (κ1) is 17.5. The van der Waals surface area contributed by atoms with Crippen molar-refractivity contribution in [3.8, 4) is 5.75 Å². The standard InChI is InChI=1S/C17H27NO3/c1-13-8-6-9-14(12-13)21-11-7-10-18-17(4,5)16(2,3)15(19)20/h6,8-9,12,18H,7,10-11H2,1-5H3,(H,19,20). The lowest BCUT2D eigenvalue weighted by Gasteiger charge is -2.39. The first-order valence-corrected chi connectivity index (χ1v) is 7.35. The van der Waals surface area contributed by atoms with E-state index >= 15 is 0 Å². The van der Waals surface area contributed by atoms with Gasteiger partial charge >= 0.3 is 5.97 Å². The van der Waals surface area contributed by atoms with Crippen LogP contribution < -0.4 is 10.1 Å². The second kappa shape index (κ2) is 6.94. The lowest BCUT2D eigenvalue weighted by molar-refractivity contribution is -0.151. The lowest BCUT2D eigenvalue weighted by atomic mass is 9.74. The minimum Gasteiger partial charge on any atom is -0.494 e. The molecule has 1 aromatic rings. The van der Waals surface area contributed by atoms with Crippen LogP contribution in [0, 0.1) is 12.3 Å². The second-order valence-electron chi connectivity index (χ2n) is 6.50. The molecular weight excluding hydrogens is 266 g/mol. The van der Waals surface area contributed by atoms with Gasteiger partial charge in [0, 0.05) is 5.54 Å². The SMILES string of the molecule is Cc1cccc(OCCCNC(C)(C)C(C)(C)C(=O)O)c1. The first-order valence-electron chi connectivity index (χ1n) is 7.35. The third kappa shape index (κ3) is 4.74. The van der Waals surface area contributed by atoms with Crippen LogP contribution in [0.1, 0.15) is 39.7 Å². The number of carbonyl (C=O) groups is 1. The van der Waals surface area contributed by atoms with Gasteiger partial charge in [0.25, 0.3) is 0 Å². The Balaban J connectivity index is 2.35. The van der Waals surface area contributed by atoms with Crippen LogP contribution in [0.3, 0.4) is 0 Å². The van der Waals surface area contributed by atoms with E-state index in [-0.39, 0.29) is 0 Å². The van der Waals surface area contributed by atoms with Gasteiger partial charge in [-0.3, -0.25) is 4.79 Å². The molecule has 0 atom stereocenters. The summed E-state index contributed by atoms with van der Waals surface area (Å²) in [6, 6.07) is 7.95. The minimum absolute atomic E-state index is 0.484. The van der Waals surface area contributed by atoms with Crippen LogP contribution in [-0.4, -0.2) is 29.8 Å². The van der Waals surface area contributed by atoms with E-state index in [1.54, 1.807) is 13.8 Å². The Hall–Kier alpha value is -1.55. The van der Waals surface area contributed by atoms with E-state index in [2.05, 4.69) is 5.32 Å². The van der Waals surface area contributed by atoms with Crippen LogP contribution >= 0.6 is 0 Å². The van der Waals surface area contributed by atoms with Crippen molar-refractivity contribution in [3.05, 3.63) is 29.8 Å². The van der Waals surface area contributed by atoms with Crippen LogP contribution in [0.4, 0.5) is 0 Å². The summed E-state index contributed by atoms with van der Waals surface area (Å²) in [7, 11) is 0. The zero-order chi connectivity index (χ0) is 16.1. The average Bonchev–Trinajstić information content (AvgIpc) is 2.37. The van der Waals surface area contributed by atoms with Crippen molar-refractivity contribution in [1.82, 2.24) is 5.32 Å². The predicted octanol–water partition coefficient (Wildman–Crippen LogP) is 3.24. The monoisotopic (exact) mass is 293 g/mol. The molecule has 0 unspecified atom stereocenters. The number of hydrogen-bond acceptors (Lipinski definition) is 3. The maximum absolute atomic E-state index is 11.3. The molecule has 0 bridgehead atoms. The molecule has 0 saturated carbocycles. The highest BCUT2D eigenvalue weighted by Crippen LogP contribution is 2.30. The number of benzene rings is 1. The molecule has 1 aromatic carbocycles. The number of carboxylic acids is 1. The predicted molar refractivity (Wildman–Crippen MR) is 84.8 cm³/mol. The number of ether oxygens (including phenoxy) is 1. The number of hydrogen-bond donors (Lipinski definition) is 2. The summed E-state index contributed by atoms with van der Waals surface area (Å²) in [5.74, 6) is 0.0798. The molecule has 0 fully saturated rings. The Morgan fingerprint density at radius 2 is 1.95 bits per heavy atom. The molecule has 4 heteroatoms. The molecule has 0 aliphatic carbocycles. The summed E-state index contributed by atoms with van der Waals surface area (Å²) < 4.78 is 5.68. The fourth-order valence-electron chi connectivity index (χ4n) is 1.86. The van der Waals surface area contributed by atoms with Crippen LogP contribution in [0.5, 0.6) is 5.75 Å². The van der Waals surface area contributed by atoms with Gasteiger partial charge in [0.2, 0.25) is 0 Å². The molecule has 0 saturated heterocycles. The molecule has 4 nitrogen and oxygen atoms in total. The van der Waals surface area contributed by atoms with Gasteiger partial charge in [-0.2, -0.15) is 0 Å². The second-order valence-corrected chi connectivity index (χ2v) is 6.50. The highest BCUT2D eigenvalue weighted by Gasteiger charge is 2.42. The number of nitrogens with one attached hydrogen (secondary N) is 1. The van der Waals surface area contributed by atoms with Gasteiger partial charge in [-0.25, -0.2) is 0 Å². The van der Waals surface area contributed by atoms with Gasteiger partial charge in [-0.15, -0.1) is 0 Å². The van der Waals surface area contributed by atoms with Crippen molar-refractivity contribution in [2.75, 3.05) is 13.2 Å². The Morgan fingerprint density at radius 3 is 2.52 bits per heavy atom. The van der Waals surface area contributed by atoms with Crippen LogP contribution in [-0.2, 0) is 4.79 Å².